The lowest BCUT2D eigenvalue weighted by Gasteiger charge is -2.39. The summed E-state index contributed by atoms with van der Waals surface area (Å²) in [5.74, 6) is 1.08. The van der Waals surface area contributed by atoms with Crippen molar-refractivity contribution in [2.45, 2.75) is 101 Å². The molecule has 2 N–H and O–H groups in total. The second-order valence-corrected chi connectivity index (χ2v) is 25.7. The summed E-state index contributed by atoms with van der Waals surface area (Å²) in [6.07, 6.45) is -0.420. The molecule has 2 saturated heterocycles. The number of nitrogens with one attached hydrogen (secondary N) is 2. The number of ether oxygens (including phenoxy) is 5. The Labute approximate surface area is 426 Å². The second kappa shape index (κ2) is 22.6. The predicted molar refractivity (Wildman–Crippen MR) is 280 cm³/mol. The average molecular weight is 1030 g/mol. The molecule has 2 aliphatic heterocycles. The third-order valence-electron chi connectivity index (χ3n) is 13.8. The summed E-state index contributed by atoms with van der Waals surface area (Å²) in [5, 5.41) is 2.57. The summed E-state index contributed by atoms with van der Waals surface area (Å²) in [4.78, 5) is 58.8. The number of carbonyl (C=O) groups excluding carboxylic acids is 1. The van der Waals surface area contributed by atoms with Crippen LogP contribution in [0.5, 0.6) is 11.5 Å². The molecule has 0 saturated carbocycles. The van der Waals surface area contributed by atoms with Crippen LogP contribution in [-0.2, 0) is 33.3 Å². The molecule has 2 aliphatic rings. The lowest BCUT2D eigenvalue weighted by molar-refractivity contribution is -0.0922. The molecule has 386 valence electrons. The molecule has 2 aromatic heterocycles. The van der Waals surface area contributed by atoms with Crippen molar-refractivity contribution in [2.24, 2.45) is 0 Å². The lowest BCUT2D eigenvalue weighted by Crippen LogP contribution is -2.46. The van der Waals surface area contributed by atoms with Gasteiger partial charge in [-0.05, 0) is 84.2 Å². The molecule has 17 nitrogen and oxygen atoms in total. The average Bonchev–Trinajstić information content (AvgIpc) is 3.97. The molecule has 73 heavy (non-hydrogen) atoms. The van der Waals surface area contributed by atoms with Gasteiger partial charge in [0.05, 0.1) is 39.6 Å². The van der Waals surface area contributed by atoms with E-state index in [1.165, 1.54) is 15.3 Å². The maximum Gasteiger partial charge on any atom is 0.351 e. The van der Waals surface area contributed by atoms with Crippen LogP contribution in [0.1, 0.15) is 78.7 Å². The first kappa shape index (κ1) is 53.2. The summed E-state index contributed by atoms with van der Waals surface area (Å²) in [6, 6.07) is 35.5. The van der Waals surface area contributed by atoms with Crippen LogP contribution in [0.15, 0.2) is 142 Å². The van der Waals surface area contributed by atoms with E-state index in [1.54, 1.807) is 57.7 Å². The molecule has 6 aromatic rings. The van der Waals surface area contributed by atoms with Crippen LogP contribution < -0.4 is 31.7 Å². The minimum Gasteiger partial charge on any atom is -0.497 e. The fourth-order valence-electron chi connectivity index (χ4n) is 8.79. The van der Waals surface area contributed by atoms with Gasteiger partial charge < -0.3 is 42.5 Å². The first-order valence-corrected chi connectivity index (χ1v) is 28.7. The number of rotatable bonds is 19. The van der Waals surface area contributed by atoms with Crippen LogP contribution in [0.25, 0.3) is 0 Å². The maximum atomic E-state index is 13.6. The van der Waals surface area contributed by atoms with Crippen molar-refractivity contribution in [1.82, 2.24) is 19.1 Å². The molecular formula is C54H64N5O12PSi. The fraction of sp³-hybridized carbons (Fsp3) is 0.389. The lowest BCUT2D eigenvalue weighted by atomic mass is 9.80. The van der Waals surface area contributed by atoms with Gasteiger partial charge >= 0.3 is 11.4 Å². The summed E-state index contributed by atoms with van der Waals surface area (Å²) >= 11 is 0. The summed E-state index contributed by atoms with van der Waals surface area (Å²) in [5.41, 5.74) is 0.375. The quantitative estimate of drug-likeness (QED) is 0.0445. The highest BCUT2D eigenvalue weighted by atomic mass is 31.2. The Balaban J connectivity index is 1.05. The highest BCUT2D eigenvalue weighted by Gasteiger charge is 2.47. The van der Waals surface area contributed by atoms with Crippen molar-refractivity contribution >= 4 is 28.4 Å². The number of amides is 1. The Morgan fingerprint density at radius 1 is 0.767 bits per heavy atom. The van der Waals surface area contributed by atoms with Crippen LogP contribution in [0.3, 0.4) is 0 Å². The van der Waals surface area contributed by atoms with Crippen molar-refractivity contribution < 1.29 is 42.0 Å². The first-order valence-electron chi connectivity index (χ1n) is 24.2. The molecule has 8 rings (SSSR count). The van der Waals surface area contributed by atoms with Gasteiger partial charge in [-0.3, -0.25) is 23.7 Å². The van der Waals surface area contributed by atoms with Gasteiger partial charge in [0, 0.05) is 43.0 Å². The summed E-state index contributed by atoms with van der Waals surface area (Å²) in [6.45, 7) is 14.3. The predicted octanol–water partition coefficient (Wildman–Crippen LogP) is 8.69. The molecule has 7 atom stereocenters. The van der Waals surface area contributed by atoms with Gasteiger partial charge in [-0.25, -0.2) is 9.59 Å². The van der Waals surface area contributed by atoms with E-state index in [0.717, 1.165) is 16.7 Å². The zero-order valence-electron chi connectivity index (χ0n) is 42.6. The van der Waals surface area contributed by atoms with Gasteiger partial charge in [0.25, 0.3) is 11.5 Å². The highest BCUT2D eigenvalue weighted by molar-refractivity contribution is 7.46. The molecular weight excluding hydrogens is 970 g/mol. The van der Waals surface area contributed by atoms with E-state index >= 15 is 0 Å². The van der Waals surface area contributed by atoms with E-state index < -0.39 is 76.1 Å². The smallest absolute Gasteiger partial charge is 0.351 e. The van der Waals surface area contributed by atoms with Gasteiger partial charge in [0.1, 0.15) is 47.6 Å². The number of aromatic nitrogens is 4. The first-order chi connectivity index (χ1) is 34.9. The van der Waals surface area contributed by atoms with Gasteiger partial charge in [-0.1, -0.05) is 93.6 Å². The van der Waals surface area contributed by atoms with Crippen LogP contribution in [0, 0.1) is 6.92 Å². The van der Waals surface area contributed by atoms with E-state index in [1.807, 2.05) is 91.6 Å². The Morgan fingerprint density at radius 2 is 1.32 bits per heavy atom. The molecule has 0 bridgehead atoms. The number of hydrogen-bond acceptors (Lipinski definition) is 13. The van der Waals surface area contributed by atoms with Gasteiger partial charge in [-0.2, -0.15) is 4.98 Å². The SMILES string of the molecule is COc1ccc(C(OC[C@H]2O[C@@H](n3cc(C)c(=O)[nH]c3=O)C[C@@H]2OP(C)OC[C@H]2O[C@@H](n3ccc(NC(=O)c4ccccc4)nc3=O)C[C@@H]2O[Si](C)(C)C(C)(C)C)(c2ccccc2)c2ccc(OC)cc2)cc1. The standard InChI is InChI=1S/C54H64N5O12PSi/c1-35-32-59(52(63)57-49(35)60)48-30-42(44(68-48)33-66-54(37-18-14-11-15-19-37,38-20-24-40(64-5)25-21-38)39-22-26-41(65-6)27-23-39)70-72(7)67-34-45-43(71-73(8,9)53(2,3)4)31-47(69-45)58-29-28-46(56-51(58)62)55-50(61)36-16-12-10-13-17-36/h10-29,32,42-45,47-48H,30-31,33-34H2,1-9H3,(H,57,60,63)(H,55,56,61,62)/t42-,43-,44+,45+,47+,48+,72?/m0/s1. The topological polar surface area (TPSA) is 193 Å². The molecule has 4 heterocycles. The van der Waals surface area contributed by atoms with Crippen LogP contribution in [0.2, 0.25) is 18.1 Å². The van der Waals surface area contributed by atoms with E-state index in [2.05, 4.69) is 49.1 Å². The second-order valence-electron chi connectivity index (χ2n) is 19.6. The monoisotopic (exact) mass is 1030 g/mol. The Bertz CT molecular complexity index is 2960. The van der Waals surface area contributed by atoms with Gasteiger partial charge in [0.2, 0.25) is 0 Å². The number of hydrogen-bond donors (Lipinski definition) is 2. The minimum atomic E-state index is -2.38. The zero-order valence-corrected chi connectivity index (χ0v) is 44.5. The van der Waals surface area contributed by atoms with Gasteiger partial charge in [0.15, 0.2) is 16.7 Å². The third kappa shape index (κ3) is 12.0. The molecule has 2 fully saturated rings. The van der Waals surface area contributed by atoms with Crippen LogP contribution in [0.4, 0.5) is 5.82 Å². The Hall–Kier alpha value is -6.08. The van der Waals surface area contributed by atoms with Crippen LogP contribution in [-0.4, -0.2) is 91.8 Å². The van der Waals surface area contributed by atoms with Crippen LogP contribution >= 0.6 is 8.38 Å². The maximum absolute atomic E-state index is 13.6. The van der Waals surface area contributed by atoms with Crippen molar-refractivity contribution in [3.63, 3.8) is 0 Å². The van der Waals surface area contributed by atoms with Crippen molar-refractivity contribution in [3.05, 3.63) is 187 Å². The highest BCUT2D eigenvalue weighted by Crippen LogP contribution is 2.47. The number of anilines is 1. The Morgan fingerprint density at radius 3 is 1.89 bits per heavy atom. The van der Waals surface area contributed by atoms with Gasteiger partial charge in [-0.15, -0.1) is 0 Å². The number of H-pyrrole nitrogens is 1. The number of benzene rings is 4. The molecule has 0 spiro atoms. The van der Waals surface area contributed by atoms with Crippen molar-refractivity contribution in [2.75, 3.05) is 39.4 Å². The third-order valence-corrected chi connectivity index (χ3v) is 19.4. The van der Waals surface area contributed by atoms with Crippen molar-refractivity contribution in [1.29, 1.82) is 0 Å². The van der Waals surface area contributed by atoms with E-state index in [0.29, 0.717) is 29.0 Å². The summed E-state index contributed by atoms with van der Waals surface area (Å²) < 4.78 is 54.8. The fourth-order valence-corrected chi connectivity index (χ4v) is 11.2. The molecule has 4 aromatic carbocycles. The summed E-state index contributed by atoms with van der Waals surface area (Å²) in [7, 11) is -0.801. The van der Waals surface area contributed by atoms with E-state index in [9.17, 15) is 19.2 Å². The number of carbonyl (C=O) groups is 1. The largest absolute Gasteiger partial charge is 0.497 e. The van der Waals surface area contributed by atoms with Crippen molar-refractivity contribution in [3.8, 4) is 11.5 Å². The number of aromatic amines is 1. The number of aryl methyl sites for hydroxylation is 1. The van der Waals surface area contributed by atoms with E-state index in [-0.39, 0.29) is 36.4 Å². The molecule has 19 heteroatoms. The Kier molecular flexibility index (Phi) is 16.5. The minimum absolute atomic E-state index is 0.0122. The molecule has 0 aliphatic carbocycles. The zero-order chi connectivity index (χ0) is 52.1. The number of methoxy groups -OCH3 is 2. The number of nitrogens with zero attached hydrogens (tertiary/aromatic N) is 3. The normalized spacial score (nSPS) is 20.7. The molecule has 1 amide bonds. The molecule has 0 radical (unpaired) electrons. The molecule has 1 unspecified atom stereocenters. The van der Waals surface area contributed by atoms with E-state index in [4.69, 9.17) is 37.2 Å².